The molecule has 0 spiro atoms. The number of carbonyl (C=O) groups excluding carboxylic acids is 1. The zero-order chi connectivity index (χ0) is 21.6. The Morgan fingerprint density at radius 1 is 1.28 bits per heavy atom. The van der Waals surface area contributed by atoms with E-state index in [-0.39, 0.29) is 18.1 Å². The Kier molecular flexibility index (Phi) is 7.86. The first-order chi connectivity index (χ1) is 13.6. The number of benzene rings is 1. The predicted molar refractivity (Wildman–Crippen MR) is 97.5 cm³/mol. The van der Waals surface area contributed by atoms with Crippen LogP contribution in [0.15, 0.2) is 24.3 Å². The molecular formula is C19H25F3N2O5. The number of para-hydroxylation sites is 1. The maximum atomic E-state index is 11.9. The largest absolute Gasteiger partial charge is 0.496 e. The minimum atomic E-state index is -5.08. The van der Waals surface area contributed by atoms with E-state index in [0.717, 1.165) is 31.8 Å². The number of methoxy groups -OCH3 is 1. The highest BCUT2D eigenvalue weighted by molar-refractivity contribution is 5.74. The van der Waals surface area contributed by atoms with E-state index in [9.17, 15) is 18.0 Å². The van der Waals surface area contributed by atoms with Gasteiger partial charge in [-0.15, -0.1) is 0 Å². The van der Waals surface area contributed by atoms with Gasteiger partial charge >= 0.3 is 12.1 Å². The number of aliphatic carboxylic acids is 1. The third-order valence-corrected chi connectivity index (χ3v) is 4.90. The highest BCUT2D eigenvalue weighted by Gasteiger charge is 2.39. The lowest BCUT2D eigenvalue weighted by molar-refractivity contribution is -0.192. The van der Waals surface area contributed by atoms with Gasteiger partial charge in [0, 0.05) is 38.7 Å². The third kappa shape index (κ3) is 6.33. The zero-order valence-corrected chi connectivity index (χ0v) is 16.3. The molecule has 1 N–H and O–H groups in total. The maximum Gasteiger partial charge on any atom is 0.490 e. The first-order valence-electron chi connectivity index (χ1n) is 9.16. The normalized spacial score (nSPS) is 22.2. The Balaban J connectivity index is 0.000000370. The molecule has 10 heteroatoms. The van der Waals surface area contributed by atoms with Crippen LogP contribution in [0.2, 0.25) is 0 Å². The summed E-state index contributed by atoms with van der Waals surface area (Å²) in [7, 11) is 1.71. The molecule has 2 saturated heterocycles. The molecule has 29 heavy (non-hydrogen) atoms. The topological polar surface area (TPSA) is 79.3 Å². The standard InChI is InChI=1S/C17H24N2O3.C2HF3O2/c1-13(20)19-9-10-22-17-7-8-18(12-15(17)19)11-14-5-3-4-6-16(14)21-2;3-2(4,5)1(6)7/h3-6,15,17H,7-12H2,1-2H3;(H,6,7)/t15-,17-;/m0./s1. The molecule has 2 heterocycles. The molecule has 2 atom stereocenters. The Morgan fingerprint density at radius 2 is 1.93 bits per heavy atom. The van der Waals surface area contributed by atoms with Crippen molar-refractivity contribution in [1.82, 2.24) is 9.80 Å². The number of morpholine rings is 1. The van der Waals surface area contributed by atoms with Crippen molar-refractivity contribution in [3.05, 3.63) is 29.8 Å². The van der Waals surface area contributed by atoms with E-state index >= 15 is 0 Å². The summed E-state index contributed by atoms with van der Waals surface area (Å²) in [5.74, 6) is -1.68. The van der Waals surface area contributed by atoms with Crippen LogP contribution in [0, 0.1) is 0 Å². The first-order valence-corrected chi connectivity index (χ1v) is 9.16. The number of halogens is 3. The van der Waals surface area contributed by atoms with E-state index < -0.39 is 12.1 Å². The van der Waals surface area contributed by atoms with Gasteiger partial charge in [-0.1, -0.05) is 18.2 Å². The van der Waals surface area contributed by atoms with Crippen LogP contribution in [-0.2, 0) is 20.9 Å². The number of amides is 1. The van der Waals surface area contributed by atoms with Gasteiger partial charge in [0.1, 0.15) is 5.75 Å². The van der Waals surface area contributed by atoms with Crippen molar-refractivity contribution >= 4 is 11.9 Å². The van der Waals surface area contributed by atoms with Crippen molar-refractivity contribution in [1.29, 1.82) is 0 Å². The molecule has 1 aromatic carbocycles. The molecule has 162 valence electrons. The molecule has 2 aliphatic rings. The van der Waals surface area contributed by atoms with Crippen molar-refractivity contribution < 1.29 is 37.3 Å². The Hall–Kier alpha value is -2.33. The summed E-state index contributed by atoms with van der Waals surface area (Å²) >= 11 is 0. The molecule has 1 amide bonds. The number of fused-ring (bicyclic) bond motifs is 1. The second-order valence-corrected chi connectivity index (χ2v) is 6.83. The van der Waals surface area contributed by atoms with Gasteiger partial charge in [-0.05, 0) is 12.5 Å². The molecular weight excluding hydrogens is 393 g/mol. The summed E-state index contributed by atoms with van der Waals surface area (Å²) in [6, 6.07) is 8.30. The average Bonchev–Trinajstić information content (AvgIpc) is 2.67. The van der Waals surface area contributed by atoms with E-state index in [1.807, 2.05) is 23.1 Å². The number of likely N-dealkylation sites (tertiary alicyclic amines) is 1. The van der Waals surface area contributed by atoms with Crippen LogP contribution in [0.25, 0.3) is 0 Å². The van der Waals surface area contributed by atoms with Crippen LogP contribution in [0.3, 0.4) is 0 Å². The van der Waals surface area contributed by atoms with Crippen molar-refractivity contribution in [3.63, 3.8) is 0 Å². The highest BCUT2D eigenvalue weighted by atomic mass is 19.4. The molecule has 0 unspecified atom stereocenters. The van der Waals surface area contributed by atoms with Crippen molar-refractivity contribution in [3.8, 4) is 5.75 Å². The number of carboxylic acid groups (broad SMARTS) is 1. The van der Waals surface area contributed by atoms with Gasteiger partial charge in [0.15, 0.2) is 0 Å². The molecule has 3 rings (SSSR count). The lowest BCUT2D eigenvalue weighted by Crippen LogP contribution is -2.60. The number of carbonyl (C=O) groups is 2. The molecule has 7 nitrogen and oxygen atoms in total. The van der Waals surface area contributed by atoms with Crippen LogP contribution >= 0.6 is 0 Å². The van der Waals surface area contributed by atoms with E-state index in [4.69, 9.17) is 19.4 Å². The predicted octanol–water partition coefficient (Wildman–Crippen LogP) is 2.15. The highest BCUT2D eigenvalue weighted by Crippen LogP contribution is 2.26. The number of hydrogen-bond donors (Lipinski definition) is 1. The minimum absolute atomic E-state index is 0.150. The number of carboxylic acids is 1. The Bertz CT molecular complexity index is 713. The number of hydrogen-bond acceptors (Lipinski definition) is 5. The van der Waals surface area contributed by atoms with E-state index in [1.165, 1.54) is 5.56 Å². The van der Waals surface area contributed by atoms with Crippen LogP contribution in [-0.4, -0.2) is 78.5 Å². The molecule has 0 aliphatic carbocycles. The van der Waals surface area contributed by atoms with Crippen LogP contribution in [0.5, 0.6) is 5.75 Å². The monoisotopic (exact) mass is 418 g/mol. The van der Waals surface area contributed by atoms with Crippen molar-refractivity contribution in [2.45, 2.75) is 38.2 Å². The quantitative estimate of drug-likeness (QED) is 0.811. The summed E-state index contributed by atoms with van der Waals surface area (Å²) < 4.78 is 43.0. The fourth-order valence-corrected chi connectivity index (χ4v) is 3.55. The zero-order valence-electron chi connectivity index (χ0n) is 16.3. The number of ether oxygens (including phenoxy) is 2. The smallest absolute Gasteiger partial charge is 0.490 e. The maximum absolute atomic E-state index is 11.9. The van der Waals surface area contributed by atoms with Gasteiger partial charge in [0.25, 0.3) is 0 Å². The summed E-state index contributed by atoms with van der Waals surface area (Å²) in [6.45, 7) is 5.72. The van der Waals surface area contributed by atoms with Gasteiger partial charge < -0.3 is 19.5 Å². The van der Waals surface area contributed by atoms with E-state index in [1.54, 1.807) is 14.0 Å². The van der Waals surface area contributed by atoms with Crippen LogP contribution in [0.1, 0.15) is 18.9 Å². The molecule has 1 aromatic rings. The lowest BCUT2D eigenvalue weighted by Gasteiger charge is -2.46. The average molecular weight is 418 g/mol. The SMILES string of the molecule is COc1ccccc1CN1CC[C@@H]2OCCN(C(C)=O)[C@H]2C1.O=C(O)C(F)(F)F. The number of rotatable bonds is 3. The van der Waals surface area contributed by atoms with E-state index in [0.29, 0.717) is 13.2 Å². The fourth-order valence-electron chi connectivity index (χ4n) is 3.55. The van der Waals surface area contributed by atoms with E-state index in [2.05, 4.69) is 11.0 Å². The minimum Gasteiger partial charge on any atom is -0.496 e. The molecule has 2 aliphatic heterocycles. The van der Waals surface area contributed by atoms with Gasteiger partial charge in [-0.25, -0.2) is 4.79 Å². The Morgan fingerprint density at radius 3 is 2.52 bits per heavy atom. The molecule has 0 bridgehead atoms. The molecule has 0 saturated carbocycles. The number of piperidine rings is 1. The summed E-state index contributed by atoms with van der Waals surface area (Å²) in [4.78, 5) is 25.1. The molecule has 2 fully saturated rings. The first kappa shape index (κ1) is 23.0. The lowest BCUT2D eigenvalue weighted by atomic mass is 9.98. The summed E-state index contributed by atoms with van der Waals surface area (Å²) in [5, 5.41) is 7.12. The van der Waals surface area contributed by atoms with Crippen molar-refractivity contribution in [2.24, 2.45) is 0 Å². The summed E-state index contributed by atoms with van der Waals surface area (Å²) in [5.41, 5.74) is 1.19. The van der Waals surface area contributed by atoms with Crippen molar-refractivity contribution in [2.75, 3.05) is 33.4 Å². The second-order valence-electron chi connectivity index (χ2n) is 6.83. The third-order valence-electron chi connectivity index (χ3n) is 4.90. The van der Waals surface area contributed by atoms with Gasteiger partial charge in [0.05, 0.1) is 25.9 Å². The second kappa shape index (κ2) is 9.93. The van der Waals surface area contributed by atoms with Gasteiger partial charge in [-0.3, -0.25) is 9.69 Å². The van der Waals surface area contributed by atoms with Crippen LogP contribution in [0.4, 0.5) is 13.2 Å². The van der Waals surface area contributed by atoms with Crippen LogP contribution < -0.4 is 4.74 Å². The van der Waals surface area contributed by atoms with Gasteiger partial charge in [-0.2, -0.15) is 13.2 Å². The molecule has 0 radical (unpaired) electrons. The fraction of sp³-hybridized carbons (Fsp3) is 0.579. The molecule has 0 aromatic heterocycles. The number of nitrogens with zero attached hydrogens (tertiary/aromatic N) is 2. The summed E-state index contributed by atoms with van der Waals surface area (Å²) in [6.07, 6.45) is -3.92. The van der Waals surface area contributed by atoms with Gasteiger partial charge in [0.2, 0.25) is 5.91 Å². The Labute approximate surface area is 167 Å². The number of alkyl halides is 3.